The minimum Gasteiger partial charge on any atom is -0.272 e. The molecule has 1 N–H and O–H groups in total. The molecule has 24 heavy (non-hydrogen) atoms. The highest BCUT2D eigenvalue weighted by atomic mass is 32.2. The lowest BCUT2D eigenvalue weighted by molar-refractivity contribution is -0.120. The Kier molecular flexibility index (Phi) is 7.07. The second kappa shape index (κ2) is 9.28. The molecular formula is C20H24N2OS. The van der Waals surface area contributed by atoms with Gasteiger partial charge < -0.3 is 0 Å². The van der Waals surface area contributed by atoms with Crippen LogP contribution in [0.5, 0.6) is 0 Å². The summed E-state index contributed by atoms with van der Waals surface area (Å²) in [5, 5.41) is 4.04. The number of aryl methyl sites for hydroxylation is 2. The first kappa shape index (κ1) is 18.3. The van der Waals surface area contributed by atoms with Crippen LogP contribution in [0.1, 0.15) is 31.4 Å². The van der Waals surface area contributed by atoms with E-state index in [9.17, 15) is 4.79 Å². The number of nitrogens with zero attached hydrogens (tertiary/aromatic N) is 1. The minimum atomic E-state index is -0.182. The lowest BCUT2D eigenvalue weighted by atomic mass is 10.1. The van der Waals surface area contributed by atoms with E-state index in [1.54, 1.807) is 11.8 Å². The monoisotopic (exact) mass is 340 g/mol. The minimum absolute atomic E-state index is 0.0698. The van der Waals surface area contributed by atoms with Gasteiger partial charge in [0.15, 0.2) is 0 Å². The second-order valence-corrected chi connectivity index (χ2v) is 7.30. The largest absolute Gasteiger partial charge is 0.272 e. The average molecular weight is 340 g/mol. The number of amides is 1. The fourth-order valence-corrected chi connectivity index (χ4v) is 3.00. The van der Waals surface area contributed by atoms with E-state index in [4.69, 9.17) is 0 Å². The Morgan fingerprint density at radius 2 is 1.79 bits per heavy atom. The SMILES string of the molecule is C/C(CCc1ccccc1)=N/NC(=O)[C@H](C)Sc1ccc(C)cc1. The molecular weight excluding hydrogens is 316 g/mol. The van der Waals surface area contributed by atoms with E-state index in [1.807, 2.05) is 44.2 Å². The number of carbonyl (C=O) groups is 1. The first-order valence-corrected chi connectivity index (χ1v) is 9.03. The van der Waals surface area contributed by atoms with Gasteiger partial charge in [0.1, 0.15) is 0 Å². The molecule has 0 fully saturated rings. The number of rotatable bonds is 7. The summed E-state index contributed by atoms with van der Waals surface area (Å²) in [5.41, 5.74) is 6.11. The van der Waals surface area contributed by atoms with Crippen molar-refractivity contribution in [3.8, 4) is 0 Å². The molecule has 0 heterocycles. The van der Waals surface area contributed by atoms with Gasteiger partial charge in [-0.2, -0.15) is 5.10 Å². The number of nitrogens with one attached hydrogen (secondary N) is 1. The Labute approximate surface area is 148 Å². The molecule has 3 nitrogen and oxygen atoms in total. The van der Waals surface area contributed by atoms with Crippen molar-refractivity contribution < 1.29 is 4.79 Å². The van der Waals surface area contributed by atoms with E-state index in [0.29, 0.717) is 0 Å². The first-order chi connectivity index (χ1) is 11.5. The van der Waals surface area contributed by atoms with Crippen LogP contribution in [0, 0.1) is 6.92 Å². The molecule has 2 aromatic carbocycles. The highest BCUT2D eigenvalue weighted by molar-refractivity contribution is 8.00. The molecule has 2 rings (SSSR count). The highest BCUT2D eigenvalue weighted by Crippen LogP contribution is 2.23. The third-order valence-electron chi connectivity index (χ3n) is 3.68. The van der Waals surface area contributed by atoms with Gasteiger partial charge in [0.25, 0.3) is 5.91 Å². The first-order valence-electron chi connectivity index (χ1n) is 8.15. The van der Waals surface area contributed by atoms with Gasteiger partial charge in [-0.15, -0.1) is 11.8 Å². The van der Waals surface area contributed by atoms with Crippen molar-refractivity contribution in [2.75, 3.05) is 0 Å². The number of carbonyl (C=O) groups excluding carboxylic acids is 1. The summed E-state index contributed by atoms with van der Waals surface area (Å²) in [6.07, 6.45) is 1.77. The molecule has 0 aliphatic rings. The molecule has 0 aliphatic heterocycles. The van der Waals surface area contributed by atoms with Gasteiger partial charge in [-0.05, 0) is 51.3 Å². The number of hydrazone groups is 1. The van der Waals surface area contributed by atoms with Crippen LogP contribution in [-0.2, 0) is 11.2 Å². The molecule has 1 atom stereocenters. The van der Waals surface area contributed by atoms with Crippen LogP contribution in [0.4, 0.5) is 0 Å². The predicted octanol–water partition coefficient (Wildman–Crippen LogP) is 4.60. The van der Waals surface area contributed by atoms with Crippen molar-refractivity contribution in [1.82, 2.24) is 5.43 Å². The summed E-state index contributed by atoms with van der Waals surface area (Å²) in [6.45, 7) is 5.90. The van der Waals surface area contributed by atoms with Crippen LogP contribution < -0.4 is 5.43 Å². The number of hydrogen-bond acceptors (Lipinski definition) is 3. The number of hydrogen-bond donors (Lipinski definition) is 1. The zero-order valence-electron chi connectivity index (χ0n) is 14.5. The van der Waals surface area contributed by atoms with Crippen molar-refractivity contribution in [3.63, 3.8) is 0 Å². The molecule has 1 amide bonds. The summed E-state index contributed by atoms with van der Waals surface area (Å²) in [7, 11) is 0. The van der Waals surface area contributed by atoms with E-state index in [-0.39, 0.29) is 11.2 Å². The second-order valence-electron chi connectivity index (χ2n) is 5.88. The molecule has 2 aromatic rings. The molecule has 126 valence electrons. The van der Waals surface area contributed by atoms with E-state index >= 15 is 0 Å². The van der Waals surface area contributed by atoms with Crippen molar-refractivity contribution in [2.24, 2.45) is 5.10 Å². The molecule has 0 saturated carbocycles. The maximum absolute atomic E-state index is 12.2. The van der Waals surface area contributed by atoms with Gasteiger partial charge in [-0.3, -0.25) is 4.79 Å². The smallest absolute Gasteiger partial charge is 0.253 e. The quantitative estimate of drug-likeness (QED) is 0.455. The summed E-state index contributed by atoms with van der Waals surface area (Å²) in [6, 6.07) is 18.5. The Bertz CT molecular complexity index is 681. The Balaban J connectivity index is 1.79. The van der Waals surface area contributed by atoms with Crippen LogP contribution in [0.25, 0.3) is 0 Å². The predicted molar refractivity (Wildman–Crippen MR) is 103 cm³/mol. The fourth-order valence-electron chi connectivity index (χ4n) is 2.14. The molecule has 0 spiro atoms. The average Bonchev–Trinajstić information content (AvgIpc) is 2.60. The van der Waals surface area contributed by atoms with Gasteiger partial charge in [-0.1, -0.05) is 48.0 Å². The molecule has 0 saturated heterocycles. The number of thioether (sulfide) groups is 1. The molecule has 0 radical (unpaired) electrons. The summed E-state index contributed by atoms with van der Waals surface area (Å²) in [4.78, 5) is 13.2. The zero-order valence-corrected chi connectivity index (χ0v) is 15.3. The van der Waals surface area contributed by atoms with Crippen LogP contribution in [-0.4, -0.2) is 16.9 Å². The topological polar surface area (TPSA) is 41.5 Å². The van der Waals surface area contributed by atoms with Gasteiger partial charge in [0, 0.05) is 10.6 Å². The fraction of sp³-hybridized carbons (Fsp3) is 0.300. The summed E-state index contributed by atoms with van der Waals surface area (Å²) < 4.78 is 0. The van der Waals surface area contributed by atoms with Crippen LogP contribution in [0.3, 0.4) is 0 Å². The molecule has 4 heteroatoms. The maximum atomic E-state index is 12.2. The normalized spacial score (nSPS) is 12.7. The molecule has 0 aliphatic carbocycles. The van der Waals surface area contributed by atoms with Crippen LogP contribution in [0.15, 0.2) is 64.6 Å². The third-order valence-corrected chi connectivity index (χ3v) is 4.79. The lowest BCUT2D eigenvalue weighted by Gasteiger charge is -2.10. The summed E-state index contributed by atoms with van der Waals surface area (Å²) >= 11 is 1.54. The Hall–Kier alpha value is -2.07. The van der Waals surface area contributed by atoms with Crippen molar-refractivity contribution >= 4 is 23.4 Å². The van der Waals surface area contributed by atoms with E-state index in [2.05, 4.69) is 41.7 Å². The van der Waals surface area contributed by atoms with E-state index in [0.717, 1.165) is 23.4 Å². The van der Waals surface area contributed by atoms with E-state index in [1.165, 1.54) is 11.1 Å². The van der Waals surface area contributed by atoms with Crippen molar-refractivity contribution in [3.05, 3.63) is 65.7 Å². The maximum Gasteiger partial charge on any atom is 0.253 e. The van der Waals surface area contributed by atoms with Crippen LogP contribution >= 0.6 is 11.8 Å². The lowest BCUT2D eigenvalue weighted by Crippen LogP contribution is -2.27. The third kappa shape index (κ3) is 6.20. The zero-order chi connectivity index (χ0) is 17.4. The standard InChI is InChI=1S/C20H24N2OS/c1-15-9-13-19(14-10-15)24-17(3)20(23)22-21-16(2)11-12-18-7-5-4-6-8-18/h4-10,13-14,17H,11-12H2,1-3H3,(H,22,23)/b21-16-/t17-/m0/s1. The van der Waals surface area contributed by atoms with Gasteiger partial charge in [0.05, 0.1) is 5.25 Å². The van der Waals surface area contributed by atoms with Gasteiger partial charge in [0.2, 0.25) is 0 Å². The van der Waals surface area contributed by atoms with Gasteiger partial charge >= 0.3 is 0 Å². The van der Waals surface area contributed by atoms with Crippen molar-refractivity contribution in [1.29, 1.82) is 0 Å². The summed E-state index contributed by atoms with van der Waals surface area (Å²) in [5.74, 6) is -0.0698. The molecule has 0 bridgehead atoms. The van der Waals surface area contributed by atoms with Crippen molar-refractivity contribution in [2.45, 2.75) is 43.8 Å². The Morgan fingerprint density at radius 1 is 1.12 bits per heavy atom. The van der Waals surface area contributed by atoms with Gasteiger partial charge in [-0.25, -0.2) is 5.43 Å². The molecule has 0 aromatic heterocycles. The Morgan fingerprint density at radius 3 is 2.46 bits per heavy atom. The van der Waals surface area contributed by atoms with Crippen LogP contribution in [0.2, 0.25) is 0 Å². The van der Waals surface area contributed by atoms with E-state index < -0.39 is 0 Å². The number of benzene rings is 2. The molecule has 0 unspecified atom stereocenters. The highest BCUT2D eigenvalue weighted by Gasteiger charge is 2.13.